The molecule has 0 saturated heterocycles. The number of nitrogens with zero attached hydrogens (tertiary/aromatic N) is 1. The van der Waals surface area contributed by atoms with Crippen molar-refractivity contribution in [3.63, 3.8) is 0 Å². The van der Waals surface area contributed by atoms with E-state index in [2.05, 4.69) is 10.3 Å². The average molecular weight is 276 g/mol. The number of aromatic nitrogens is 1. The molecule has 0 bridgehead atoms. The summed E-state index contributed by atoms with van der Waals surface area (Å²) in [4.78, 5) is 16.8. The van der Waals surface area contributed by atoms with E-state index >= 15 is 0 Å². The normalized spacial score (nSPS) is 10.7. The Hall–Kier alpha value is -1.88. The number of thiophene rings is 1. The van der Waals surface area contributed by atoms with Crippen molar-refractivity contribution in [3.05, 3.63) is 34.7 Å². The van der Waals surface area contributed by atoms with Crippen molar-refractivity contribution in [2.45, 2.75) is 26.8 Å². The molecule has 19 heavy (non-hydrogen) atoms. The molecular formula is C14H16N2O2S. The minimum absolute atomic E-state index is 0.129. The zero-order valence-corrected chi connectivity index (χ0v) is 11.9. The SMILES string of the molecule is Cc1cc(C(=O)O)c(NC(C)C)nc1-c1cccs1. The third kappa shape index (κ3) is 2.93. The fraction of sp³-hybridized carbons (Fsp3) is 0.286. The summed E-state index contributed by atoms with van der Waals surface area (Å²) in [5.41, 5.74) is 1.92. The molecule has 0 spiro atoms. The summed E-state index contributed by atoms with van der Waals surface area (Å²) in [5, 5.41) is 14.3. The smallest absolute Gasteiger partial charge is 0.339 e. The number of hydrogen-bond donors (Lipinski definition) is 2. The van der Waals surface area contributed by atoms with Crippen LogP contribution in [-0.4, -0.2) is 22.1 Å². The van der Waals surface area contributed by atoms with Gasteiger partial charge in [-0.05, 0) is 43.8 Å². The summed E-state index contributed by atoms with van der Waals surface area (Å²) in [6.07, 6.45) is 0. The fourth-order valence-corrected chi connectivity index (χ4v) is 2.60. The molecule has 0 fully saturated rings. The van der Waals surface area contributed by atoms with Crippen molar-refractivity contribution in [2.75, 3.05) is 5.32 Å². The van der Waals surface area contributed by atoms with Gasteiger partial charge in [-0.2, -0.15) is 0 Å². The molecule has 0 amide bonds. The Bertz CT molecular complexity index is 592. The Morgan fingerprint density at radius 2 is 2.21 bits per heavy atom. The van der Waals surface area contributed by atoms with Crippen molar-refractivity contribution in [3.8, 4) is 10.6 Å². The number of carboxylic acid groups (broad SMARTS) is 1. The van der Waals surface area contributed by atoms with Gasteiger partial charge in [0.05, 0.1) is 10.6 Å². The van der Waals surface area contributed by atoms with Crippen molar-refractivity contribution in [1.82, 2.24) is 4.98 Å². The summed E-state index contributed by atoms with van der Waals surface area (Å²) in [6.45, 7) is 5.80. The lowest BCUT2D eigenvalue weighted by molar-refractivity contribution is 0.0697. The van der Waals surface area contributed by atoms with E-state index < -0.39 is 5.97 Å². The van der Waals surface area contributed by atoms with Gasteiger partial charge in [0.25, 0.3) is 0 Å². The van der Waals surface area contributed by atoms with Gasteiger partial charge in [-0.3, -0.25) is 0 Å². The molecule has 0 saturated carbocycles. The van der Waals surface area contributed by atoms with E-state index in [9.17, 15) is 9.90 Å². The first kappa shape index (κ1) is 13.5. The van der Waals surface area contributed by atoms with Gasteiger partial charge in [0, 0.05) is 6.04 Å². The number of nitrogens with one attached hydrogen (secondary N) is 1. The van der Waals surface area contributed by atoms with E-state index in [1.54, 1.807) is 17.4 Å². The second kappa shape index (κ2) is 5.40. The second-order valence-corrected chi connectivity index (χ2v) is 5.58. The van der Waals surface area contributed by atoms with Gasteiger partial charge >= 0.3 is 5.97 Å². The van der Waals surface area contributed by atoms with Gasteiger partial charge in [-0.15, -0.1) is 11.3 Å². The molecule has 4 nitrogen and oxygen atoms in total. The molecule has 0 atom stereocenters. The van der Waals surface area contributed by atoms with E-state index in [4.69, 9.17) is 0 Å². The maximum atomic E-state index is 11.3. The lowest BCUT2D eigenvalue weighted by Crippen LogP contribution is -2.15. The van der Waals surface area contributed by atoms with Crippen LogP contribution >= 0.6 is 11.3 Å². The summed E-state index contributed by atoms with van der Waals surface area (Å²) < 4.78 is 0. The van der Waals surface area contributed by atoms with Crippen LogP contribution in [0.2, 0.25) is 0 Å². The molecule has 0 aliphatic heterocycles. The van der Waals surface area contributed by atoms with Crippen LogP contribution in [0.15, 0.2) is 23.6 Å². The van der Waals surface area contributed by atoms with Crippen LogP contribution < -0.4 is 5.32 Å². The van der Waals surface area contributed by atoms with Gasteiger partial charge < -0.3 is 10.4 Å². The number of pyridine rings is 1. The monoisotopic (exact) mass is 276 g/mol. The highest BCUT2D eigenvalue weighted by atomic mass is 32.1. The van der Waals surface area contributed by atoms with Crippen LogP contribution in [-0.2, 0) is 0 Å². The quantitative estimate of drug-likeness (QED) is 0.895. The Labute approximate surface area is 116 Å². The van der Waals surface area contributed by atoms with Crippen LogP contribution in [0.5, 0.6) is 0 Å². The summed E-state index contributed by atoms with van der Waals surface area (Å²) in [5.74, 6) is -0.534. The van der Waals surface area contributed by atoms with Crippen LogP contribution in [0.1, 0.15) is 29.8 Å². The Balaban J connectivity index is 2.56. The highest BCUT2D eigenvalue weighted by Crippen LogP contribution is 2.29. The number of hydrogen-bond acceptors (Lipinski definition) is 4. The van der Waals surface area contributed by atoms with E-state index in [1.807, 2.05) is 38.3 Å². The Kier molecular flexibility index (Phi) is 3.85. The largest absolute Gasteiger partial charge is 0.478 e. The molecule has 0 aliphatic rings. The van der Waals surface area contributed by atoms with Gasteiger partial charge in [-0.25, -0.2) is 9.78 Å². The van der Waals surface area contributed by atoms with Crippen molar-refractivity contribution in [1.29, 1.82) is 0 Å². The minimum Gasteiger partial charge on any atom is -0.478 e. The lowest BCUT2D eigenvalue weighted by Gasteiger charge is -2.14. The topological polar surface area (TPSA) is 62.2 Å². The van der Waals surface area contributed by atoms with E-state index in [0.29, 0.717) is 5.82 Å². The minimum atomic E-state index is -0.962. The number of aromatic carboxylic acids is 1. The second-order valence-electron chi connectivity index (χ2n) is 4.63. The Morgan fingerprint density at radius 1 is 1.47 bits per heavy atom. The van der Waals surface area contributed by atoms with Crippen molar-refractivity contribution >= 4 is 23.1 Å². The van der Waals surface area contributed by atoms with Crippen molar-refractivity contribution < 1.29 is 9.90 Å². The van der Waals surface area contributed by atoms with Gasteiger partial charge in [0.1, 0.15) is 11.4 Å². The first-order chi connectivity index (χ1) is 8.99. The van der Waals surface area contributed by atoms with E-state index in [1.165, 1.54) is 0 Å². The number of carboxylic acids is 1. The molecule has 2 aromatic heterocycles. The summed E-state index contributed by atoms with van der Waals surface area (Å²) in [6, 6.07) is 5.75. The standard InChI is InChI=1S/C14H16N2O2S/c1-8(2)15-13-10(14(17)18)7-9(3)12(16-13)11-5-4-6-19-11/h4-8H,1-3H3,(H,15,16)(H,17,18). The molecule has 0 unspecified atom stereocenters. The van der Waals surface area contributed by atoms with Crippen LogP contribution in [0.4, 0.5) is 5.82 Å². The van der Waals surface area contributed by atoms with Gasteiger partial charge in [-0.1, -0.05) is 6.07 Å². The molecule has 2 aromatic rings. The number of anilines is 1. The third-order valence-electron chi connectivity index (χ3n) is 2.62. The molecule has 2 heterocycles. The molecule has 0 aliphatic carbocycles. The van der Waals surface area contributed by atoms with Gasteiger partial charge in [0.15, 0.2) is 0 Å². The maximum Gasteiger partial charge on any atom is 0.339 e. The lowest BCUT2D eigenvalue weighted by atomic mass is 10.1. The van der Waals surface area contributed by atoms with Crippen LogP contribution in [0, 0.1) is 6.92 Å². The number of aryl methyl sites for hydroxylation is 1. The average Bonchev–Trinajstić information content (AvgIpc) is 2.83. The molecule has 100 valence electrons. The van der Waals surface area contributed by atoms with Crippen LogP contribution in [0.3, 0.4) is 0 Å². The molecule has 5 heteroatoms. The van der Waals surface area contributed by atoms with E-state index in [-0.39, 0.29) is 11.6 Å². The molecular weight excluding hydrogens is 260 g/mol. The highest BCUT2D eigenvalue weighted by molar-refractivity contribution is 7.13. The predicted molar refractivity (Wildman–Crippen MR) is 78.0 cm³/mol. The first-order valence-corrected chi connectivity index (χ1v) is 6.92. The summed E-state index contributed by atoms with van der Waals surface area (Å²) in [7, 11) is 0. The zero-order valence-electron chi connectivity index (χ0n) is 11.1. The number of rotatable bonds is 4. The third-order valence-corrected chi connectivity index (χ3v) is 3.50. The summed E-state index contributed by atoms with van der Waals surface area (Å²) >= 11 is 1.59. The van der Waals surface area contributed by atoms with Crippen molar-refractivity contribution in [2.24, 2.45) is 0 Å². The van der Waals surface area contributed by atoms with Gasteiger partial charge in [0.2, 0.25) is 0 Å². The molecule has 2 N–H and O–H groups in total. The zero-order chi connectivity index (χ0) is 14.0. The molecule has 0 radical (unpaired) electrons. The number of carbonyl (C=O) groups is 1. The van der Waals surface area contributed by atoms with Crippen LogP contribution in [0.25, 0.3) is 10.6 Å². The predicted octanol–water partition coefficient (Wildman–Crippen LogP) is 3.64. The Morgan fingerprint density at radius 3 is 2.74 bits per heavy atom. The molecule has 0 aromatic carbocycles. The maximum absolute atomic E-state index is 11.3. The first-order valence-electron chi connectivity index (χ1n) is 6.04. The fourth-order valence-electron chi connectivity index (χ4n) is 1.82. The molecule has 2 rings (SSSR count). The highest BCUT2D eigenvalue weighted by Gasteiger charge is 2.16. The van der Waals surface area contributed by atoms with E-state index in [0.717, 1.165) is 16.1 Å².